The first-order valence-corrected chi connectivity index (χ1v) is 9.22. The molecule has 1 aliphatic rings. The highest BCUT2D eigenvalue weighted by atomic mass is 35.5. The Morgan fingerprint density at radius 1 is 1.25 bits per heavy atom. The molecule has 0 unspecified atom stereocenters. The highest BCUT2D eigenvalue weighted by Crippen LogP contribution is 2.37. The van der Waals surface area contributed by atoms with Gasteiger partial charge in [-0.2, -0.15) is 5.10 Å². The summed E-state index contributed by atoms with van der Waals surface area (Å²) < 4.78 is 6.49. The number of amides is 1. The van der Waals surface area contributed by atoms with Crippen molar-refractivity contribution in [2.24, 2.45) is 0 Å². The molecule has 2 heterocycles. The number of methoxy groups -OCH3 is 1. The number of halogens is 1. The summed E-state index contributed by atoms with van der Waals surface area (Å²) in [5, 5.41) is 8.06. The summed E-state index contributed by atoms with van der Waals surface area (Å²) in [5.41, 5.74) is 3.29. The van der Waals surface area contributed by atoms with Crippen LogP contribution in [0.25, 0.3) is 0 Å². The maximum Gasteiger partial charge on any atom is 0.337 e. The summed E-state index contributed by atoms with van der Waals surface area (Å²) in [6.45, 7) is 0.462. The topological polar surface area (TPSA) is 73.2 Å². The van der Waals surface area contributed by atoms with Crippen molar-refractivity contribution in [2.45, 2.75) is 18.9 Å². The Bertz CT molecular complexity index is 1040. The molecule has 142 valence electrons. The SMILES string of the molecule is COC(=O)c1ccc([C@@H]2CC(=O)Nc3c2cnn3Cc2ccccc2Cl)cc1. The summed E-state index contributed by atoms with van der Waals surface area (Å²) >= 11 is 6.26. The second kappa shape index (κ2) is 7.48. The molecule has 0 bridgehead atoms. The van der Waals surface area contributed by atoms with Crippen LogP contribution in [0.1, 0.15) is 39.4 Å². The van der Waals surface area contributed by atoms with Crippen molar-refractivity contribution in [3.63, 3.8) is 0 Å². The van der Waals surface area contributed by atoms with E-state index in [2.05, 4.69) is 10.4 Å². The minimum absolute atomic E-state index is 0.0737. The first kappa shape index (κ1) is 18.3. The van der Waals surface area contributed by atoms with Crippen molar-refractivity contribution in [1.82, 2.24) is 9.78 Å². The average Bonchev–Trinajstić information content (AvgIpc) is 3.11. The zero-order valence-corrected chi connectivity index (χ0v) is 15.9. The normalized spacial score (nSPS) is 15.6. The zero-order chi connectivity index (χ0) is 19.7. The Labute approximate surface area is 167 Å². The predicted molar refractivity (Wildman–Crippen MR) is 106 cm³/mol. The Balaban J connectivity index is 1.67. The third-order valence-electron chi connectivity index (χ3n) is 4.90. The number of rotatable bonds is 4. The van der Waals surface area contributed by atoms with Gasteiger partial charge < -0.3 is 10.1 Å². The molecule has 1 N–H and O–H groups in total. The molecule has 1 aromatic heterocycles. The van der Waals surface area contributed by atoms with Gasteiger partial charge in [0, 0.05) is 22.9 Å². The second-order valence-electron chi connectivity index (χ2n) is 6.62. The van der Waals surface area contributed by atoms with Crippen LogP contribution in [0.15, 0.2) is 54.7 Å². The van der Waals surface area contributed by atoms with Gasteiger partial charge >= 0.3 is 5.97 Å². The van der Waals surface area contributed by atoms with Crippen LogP contribution < -0.4 is 5.32 Å². The van der Waals surface area contributed by atoms with Gasteiger partial charge in [-0.25, -0.2) is 9.48 Å². The number of ether oxygens (including phenoxy) is 1. The van der Waals surface area contributed by atoms with Crippen LogP contribution in [0.5, 0.6) is 0 Å². The van der Waals surface area contributed by atoms with Crippen molar-refractivity contribution in [3.05, 3.63) is 82.0 Å². The van der Waals surface area contributed by atoms with Gasteiger partial charge in [-0.3, -0.25) is 4.79 Å². The van der Waals surface area contributed by atoms with Gasteiger partial charge in [0.1, 0.15) is 5.82 Å². The molecule has 7 heteroatoms. The van der Waals surface area contributed by atoms with Crippen molar-refractivity contribution < 1.29 is 14.3 Å². The van der Waals surface area contributed by atoms with Gasteiger partial charge in [-0.1, -0.05) is 41.9 Å². The average molecular weight is 396 g/mol. The van der Waals surface area contributed by atoms with Crippen molar-refractivity contribution in [1.29, 1.82) is 0 Å². The summed E-state index contributed by atoms with van der Waals surface area (Å²) in [4.78, 5) is 24.0. The molecule has 0 saturated carbocycles. The standard InChI is InChI=1S/C21H18ClN3O3/c1-28-21(27)14-8-6-13(7-9-14)16-10-19(26)24-20-17(16)11-23-25(20)12-15-4-2-3-5-18(15)22/h2-9,11,16H,10,12H2,1H3,(H,24,26)/t16-/m0/s1. The van der Waals surface area contributed by atoms with E-state index in [0.29, 0.717) is 29.4 Å². The number of aromatic nitrogens is 2. The van der Waals surface area contributed by atoms with Crippen LogP contribution in [-0.2, 0) is 16.1 Å². The summed E-state index contributed by atoms with van der Waals surface area (Å²) in [6, 6.07) is 14.7. The minimum Gasteiger partial charge on any atom is -0.465 e. The fraction of sp³-hybridized carbons (Fsp3) is 0.190. The Morgan fingerprint density at radius 2 is 2.00 bits per heavy atom. The number of esters is 1. The summed E-state index contributed by atoms with van der Waals surface area (Å²) in [6.07, 6.45) is 2.10. The van der Waals surface area contributed by atoms with Gasteiger partial charge in [0.2, 0.25) is 5.91 Å². The number of carbonyl (C=O) groups is 2. The molecule has 28 heavy (non-hydrogen) atoms. The number of carbonyl (C=O) groups excluding carboxylic acids is 2. The molecular formula is C21H18ClN3O3. The minimum atomic E-state index is -0.388. The number of nitrogens with one attached hydrogen (secondary N) is 1. The monoisotopic (exact) mass is 395 g/mol. The van der Waals surface area contributed by atoms with Crippen LogP contribution in [-0.4, -0.2) is 28.8 Å². The number of hydrogen-bond acceptors (Lipinski definition) is 4. The number of fused-ring (bicyclic) bond motifs is 1. The first-order valence-electron chi connectivity index (χ1n) is 8.84. The van der Waals surface area contributed by atoms with E-state index in [-0.39, 0.29) is 17.8 Å². The summed E-state index contributed by atoms with van der Waals surface area (Å²) in [7, 11) is 1.35. The molecule has 1 aliphatic heterocycles. The van der Waals surface area contributed by atoms with Crippen molar-refractivity contribution >= 4 is 29.3 Å². The highest BCUT2D eigenvalue weighted by Gasteiger charge is 2.30. The number of benzene rings is 2. The molecule has 6 nitrogen and oxygen atoms in total. The van der Waals surface area contributed by atoms with E-state index in [0.717, 1.165) is 16.7 Å². The third kappa shape index (κ3) is 3.39. The molecule has 0 saturated heterocycles. The lowest BCUT2D eigenvalue weighted by Crippen LogP contribution is -2.25. The lowest BCUT2D eigenvalue weighted by atomic mass is 9.87. The van der Waals surface area contributed by atoms with E-state index < -0.39 is 0 Å². The lowest BCUT2D eigenvalue weighted by molar-refractivity contribution is -0.116. The Kier molecular flexibility index (Phi) is 4.88. The fourth-order valence-electron chi connectivity index (χ4n) is 3.44. The third-order valence-corrected chi connectivity index (χ3v) is 5.27. The van der Waals surface area contributed by atoms with E-state index in [9.17, 15) is 9.59 Å². The molecule has 1 amide bonds. The zero-order valence-electron chi connectivity index (χ0n) is 15.2. The molecule has 1 atom stereocenters. The van der Waals surface area contributed by atoms with Crippen molar-refractivity contribution in [2.75, 3.05) is 12.4 Å². The highest BCUT2D eigenvalue weighted by molar-refractivity contribution is 6.31. The van der Waals surface area contributed by atoms with Gasteiger partial charge in [0.25, 0.3) is 0 Å². The second-order valence-corrected chi connectivity index (χ2v) is 7.02. The Morgan fingerprint density at radius 3 is 2.71 bits per heavy atom. The molecule has 3 aromatic rings. The maximum atomic E-state index is 12.3. The largest absolute Gasteiger partial charge is 0.465 e. The van der Waals surface area contributed by atoms with Gasteiger partial charge in [0.15, 0.2) is 0 Å². The lowest BCUT2D eigenvalue weighted by Gasteiger charge is -2.24. The quantitative estimate of drug-likeness (QED) is 0.681. The first-order chi connectivity index (χ1) is 13.6. The number of hydrogen-bond donors (Lipinski definition) is 1. The van der Waals surface area contributed by atoms with E-state index in [4.69, 9.17) is 16.3 Å². The molecule has 0 fully saturated rings. The molecule has 0 spiro atoms. The molecule has 4 rings (SSSR count). The van der Waals surface area contributed by atoms with E-state index in [1.165, 1.54) is 7.11 Å². The fourth-order valence-corrected chi connectivity index (χ4v) is 3.64. The van der Waals surface area contributed by atoms with Crippen LogP contribution in [0, 0.1) is 0 Å². The van der Waals surface area contributed by atoms with Crippen LogP contribution >= 0.6 is 11.6 Å². The van der Waals surface area contributed by atoms with Crippen LogP contribution in [0.3, 0.4) is 0 Å². The molecule has 0 aliphatic carbocycles. The van der Waals surface area contributed by atoms with Gasteiger partial charge in [0.05, 0.1) is 25.4 Å². The van der Waals surface area contributed by atoms with E-state index >= 15 is 0 Å². The number of anilines is 1. The van der Waals surface area contributed by atoms with E-state index in [1.807, 2.05) is 36.4 Å². The Hall–Kier alpha value is -3.12. The van der Waals surface area contributed by atoms with Crippen LogP contribution in [0.4, 0.5) is 5.82 Å². The van der Waals surface area contributed by atoms with E-state index in [1.54, 1.807) is 23.0 Å². The molecule has 0 radical (unpaired) electrons. The van der Waals surface area contributed by atoms with Crippen molar-refractivity contribution in [3.8, 4) is 0 Å². The molecule has 2 aromatic carbocycles. The molecular weight excluding hydrogens is 378 g/mol. The smallest absolute Gasteiger partial charge is 0.337 e. The summed E-state index contributed by atoms with van der Waals surface area (Å²) in [5.74, 6) is 0.0882. The van der Waals surface area contributed by atoms with Gasteiger partial charge in [-0.05, 0) is 29.3 Å². The van der Waals surface area contributed by atoms with Crippen LogP contribution in [0.2, 0.25) is 5.02 Å². The predicted octanol–water partition coefficient (Wildman–Crippen LogP) is 3.85. The van der Waals surface area contributed by atoms with Gasteiger partial charge in [-0.15, -0.1) is 0 Å². The number of nitrogens with zero attached hydrogens (tertiary/aromatic N) is 2. The maximum absolute atomic E-state index is 12.3.